The van der Waals surface area contributed by atoms with Crippen molar-refractivity contribution in [1.29, 1.82) is 0 Å². The number of anilines is 1. The highest BCUT2D eigenvalue weighted by atomic mass is 16.6. The molecular weight excluding hydrogens is 346 g/mol. The summed E-state index contributed by atoms with van der Waals surface area (Å²) in [4.78, 5) is 34.6. The summed E-state index contributed by atoms with van der Waals surface area (Å²) in [5.41, 5.74) is 2.01. The van der Waals surface area contributed by atoms with Gasteiger partial charge in [-0.05, 0) is 36.8 Å². The van der Waals surface area contributed by atoms with Crippen molar-refractivity contribution in [2.24, 2.45) is 0 Å². The van der Waals surface area contributed by atoms with E-state index in [4.69, 9.17) is 0 Å². The molecule has 3 rings (SSSR count). The Morgan fingerprint density at radius 1 is 1.11 bits per heavy atom. The van der Waals surface area contributed by atoms with Crippen LogP contribution in [0, 0.1) is 17.0 Å². The Kier molecular flexibility index (Phi) is 5.12. The molecule has 0 atom stereocenters. The van der Waals surface area contributed by atoms with Crippen LogP contribution in [-0.2, 0) is 6.54 Å². The number of pyridine rings is 1. The summed E-state index contributed by atoms with van der Waals surface area (Å²) in [7, 11) is 0. The lowest BCUT2D eigenvalue weighted by atomic mass is 10.1. The van der Waals surface area contributed by atoms with E-state index in [1.165, 1.54) is 12.1 Å². The molecule has 1 amide bonds. The van der Waals surface area contributed by atoms with Gasteiger partial charge >= 0.3 is 0 Å². The van der Waals surface area contributed by atoms with Crippen molar-refractivity contribution in [1.82, 2.24) is 4.57 Å². The highest BCUT2D eigenvalue weighted by Gasteiger charge is 2.15. The Bertz CT molecular complexity index is 1060. The number of nitrogens with zero attached hydrogens (tertiary/aromatic N) is 2. The molecule has 1 aromatic heterocycles. The molecule has 27 heavy (non-hydrogen) atoms. The zero-order valence-corrected chi connectivity index (χ0v) is 14.6. The molecule has 7 heteroatoms. The minimum Gasteiger partial charge on any atom is -0.322 e. The van der Waals surface area contributed by atoms with E-state index < -0.39 is 10.8 Å². The molecule has 7 nitrogen and oxygen atoms in total. The predicted molar refractivity (Wildman–Crippen MR) is 102 cm³/mol. The zero-order chi connectivity index (χ0) is 19.4. The molecule has 1 N–H and O–H groups in total. The molecular formula is C20H17N3O4. The second kappa shape index (κ2) is 7.65. The van der Waals surface area contributed by atoms with Crippen LogP contribution in [0.2, 0.25) is 0 Å². The summed E-state index contributed by atoms with van der Waals surface area (Å²) in [6.45, 7) is 2.05. The van der Waals surface area contributed by atoms with E-state index >= 15 is 0 Å². The number of nitro groups is 1. The van der Waals surface area contributed by atoms with Crippen LogP contribution in [0.5, 0.6) is 0 Å². The molecule has 0 spiro atoms. The van der Waals surface area contributed by atoms with Gasteiger partial charge in [0.2, 0.25) is 0 Å². The average Bonchev–Trinajstić information content (AvgIpc) is 2.65. The Labute approximate surface area is 155 Å². The Morgan fingerprint density at radius 2 is 1.85 bits per heavy atom. The molecule has 0 fully saturated rings. The zero-order valence-electron chi connectivity index (χ0n) is 14.6. The number of hydrogen-bond acceptors (Lipinski definition) is 4. The highest BCUT2D eigenvalue weighted by molar-refractivity contribution is 6.04. The number of nitro benzene ring substituents is 1. The van der Waals surface area contributed by atoms with Gasteiger partial charge in [0.1, 0.15) is 0 Å². The molecule has 0 saturated carbocycles. The molecule has 0 bridgehead atoms. The van der Waals surface area contributed by atoms with Crippen LogP contribution in [0.1, 0.15) is 21.5 Å². The van der Waals surface area contributed by atoms with Gasteiger partial charge in [0.15, 0.2) is 0 Å². The maximum atomic E-state index is 12.3. The second-order valence-corrected chi connectivity index (χ2v) is 6.08. The van der Waals surface area contributed by atoms with E-state index in [1.807, 2.05) is 12.1 Å². The van der Waals surface area contributed by atoms with Crippen LogP contribution in [-0.4, -0.2) is 15.4 Å². The number of hydrogen-bond donors (Lipinski definition) is 1. The summed E-state index contributed by atoms with van der Waals surface area (Å²) in [5, 5.41) is 13.7. The first kappa shape index (κ1) is 18.1. The Balaban J connectivity index is 1.72. The van der Waals surface area contributed by atoms with Crippen LogP contribution in [0.3, 0.4) is 0 Å². The van der Waals surface area contributed by atoms with Gasteiger partial charge in [-0.1, -0.05) is 24.3 Å². The van der Waals surface area contributed by atoms with E-state index in [9.17, 15) is 19.7 Å². The van der Waals surface area contributed by atoms with E-state index in [1.54, 1.807) is 54.1 Å². The van der Waals surface area contributed by atoms with Crippen LogP contribution < -0.4 is 10.9 Å². The molecule has 0 aliphatic carbocycles. The number of aromatic nitrogens is 1. The SMILES string of the molecule is Cc1ccc(C(=O)Nc2ccc(Cn3ccccc3=O)cc2)cc1[N+](=O)[O-]. The molecule has 3 aromatic rings. The minimum atomic E-state index is -0.508. The first-order chi connectivity index (χ1) is 12.9. The Morgan fingerprint density at radius 3 is 2.52 bits per heavy atom. The molecule has 2 aromatic carbocycles. The van der Waals surface area contributed by atoms with Crippen LogP contribution in [0.25, 0.3) is 0 Å². The normalized spacial score (nSPS) is 10.4. The van der Waals surface area contributed by atoms with Crippen LogP contribution in [0.4, 0.5) is 11.4 Å². The fourth-order valence-corrected chi connectivity index (χ4v) is 2.63. The standard InChI is InChI=1S/C20H17N3O4/c1-14-5-8-16(12-18(14)23(26)27)20(25)21-17-9-6-15(7-10-17)13-22-11-3-2-4-19(22)24/h2-12H,13H2,1H3,(H,21,25). The van der Waals surface area contributed by atoms with Crippen molar-refractivity contribution >= 4 is 17.3 Å². The lowest BCUT2D eigenvalue weighted by Gasteiger charge is -2.08. The number of carbonyl (C=O) groups is 1. The first-order valence-electron chi connectivity index (χ1n) is 8.25. The molecule has 0 aliphatic heterocycles. The van der Waals surface area contributed by atoms with E-state index in [0.717, 1.165) is 5.56 Å². The van der Waals surface area contributed by atoms with Crippen molar-refractivity contribution in [3.05, 3.63) is 104 Å². The van der Waals surface area contributed by atoms with Crippen molar-refractivity contribution in [3.8, 4) is 0 Å². The monoisotopic (exact) mass is 363 g/mol. The summed E-state index contributed by atoms with van der Waals surface area (Å²) in [5.74, 6) is -0.426. The number of aryl methyl sites for hydroxylation is 1. The van der Waals surface area contributed by atoms with E-state index in [0.29, 0.717) is 17.8 Å². The minimum absolute atomic E-state index is 0.0872. The average molecular weight is 363 g/mol. The maximum absolute atomic E-state index is 12.3. The summed E-state index contributed by atoms with van der Waals surface area (Å²) >= 11 is 0. The van der Waals surface area contributed by atoms with Crippen molar-refractivity contribution in [2.75, 3.05) is 5.32 Å². The second-order valence-electron chi connectivity index (χ2n) is 6.08. The fourth-order valence-electron chi connectivity index (χ4n) is 2.63. The lowest BCUT2D eigenvalue weighted by molar-refractivity contribution is -0.385. The van der Waals surface area contributed by atoms with Gasteiger partial charge < -0.3 is 9.88 Å². The van der Waals surface area contributed by atoms with Gasteiger partial charge in [0.25, 0.3) is 17.2 Å². The predicted octanol–water partition coefficient (Wildman–Crippen LogP) is 3.37. The van der Waals surface area contributed by atoms with Gasteiger partial charge in [0, 0.05) is 35.1 Å². The number of carbonyl (C=O) groups excluding carboxylic acids is 1. The third kappa shape index (κ3) is 4.27. The van der Waals surface area contributed by atoms with Gasteiger partial charge in [-0.25, -0.2) is 0 Å². The van der Waals surface area contributed by atoms with Gasteiger partial charge in [-0.3, -0.25) is 19.7 Å². The lowest BCUT2D eigenvalue weighted by Crippen LogP contribution is -2.18. The summed E-state index contributed by atoms with van der Waals surface area (Å²) in [6.07, 6.45) is 1.71. The molecule has 0 radical (unpaired) electrons. The molecule has 1 heterocycles. The van der Waals surface area contributed by atoms with Crippen molar-refractivity contribution in [2.45, 2.75) is 13.5 Å². The highest BCUT2D eigenvalue weighted by Crippen LogP contribution is 2.20. The van der Waals surface area contributed by atoms with Gasteiger partial charge in [0.05, 0.1) is 11.5 Å². The van der Waals surface area contributed by atoms with Crippen molar-refractivity contribution < 1.29 is 9.72 Å². The quantitative estimate of drug-likeness (QED) is 0.555. The molecule has 0 unspecified atom stereocenters. The van der Waals surface area contributed by atoms with E-state index in [2.05, 4.69) is 5.32 Å². The third-order valence-corrected chi connectivity index (χ3v) is 4.13. The number of nitrogens with one attached hydrogen (secondary N) is 1. The smallest absolute Gasteiger partial charge is 0.273 e. The number of benzene rings is 2. The maximum Gasteiger partial charge on any atom is 0.273 e. The fraction of sp³-hybridized carbons (Fsp3) is 0.100. The van der Waals surface area contributed by atoms with Gasteiger partial charge in [-0.15, -0.1) is 0 Å². The molecule has 136 valence electrons. The number of amides is 1. The molecule has 0 aliphatic rings. The molecule has 0 saturated heterocycles. The first-order valence-corrected chi connectivity index (χ1v) is 8.25. The topological polar surface area (TPSA) is 94.2 Å². The summed E-state index contributed by atoms with van der Waals surface area (Å²) < 4.78 is 1.58. The van der Waals surface area contributed by atoms with Crippen molar-refractivity contribution in [3.63, 3.8) is 0 Å². The van der Waals surface area contributed by atoms with E-state index in [-0.39, 0.29) is 16.8 Å². The number of rotatable bonds is 5. The Hall–Kier alpha value is -3.74. The largest absolute Gasteiger partial charge is 0.322 e. The third-order valence-electron chi connectivity index (χ3n) is 4.13. The van der Waals surface area contributed by atoms with Crippen LogP contribution in [0.15, 0.2) is 71.7 Å². The summed E-state index contributed by atoms with van der Waals surface area (Å²) in [6, 6.07) is 16.4. The van der Waals surface area contributed by atoms with Crippen LogP contribution >= 0.6 is 0 Å². The van der Waals surface area contributed by atoms with Gasteiger partial charge in [-0.2, -0.15) is 0 Å².